The van der Waals surface area contributed by atoms with Gasteiger partial charge in [-0.25, -0.2) is 10.3 Å². The smallest absolute Gasteiger partial charge is 0.274 e. The lowest BCUT2D eigenvalue weighted by Gasteiger charge is -2.36. The molecule has 29 heavy (non-hydrogen) atoms. The van der Waals surface area contributed by atoms with E-state index in [-0.39, 0.29) is 12.2 Å². The van der Waals surface area contributed by atoms with Gasteiger partial charge in [0.1, 0.15) is 0 Å². The van der Waals surface area contributed by atoms with Gasteiger partial charge in [0.25, 0.3) is 5.91 Å². The quantitative estimate of drug-likeness (QED) is 0.762. The summed E-state index contributed by atoms with van der Waals surface area (Å²) in [7, 11) is 0. The second kappa shape index (κ2) is 9.87. The summed E-state index contributed by atoms with van der Waals surface area (Å²) < 4.78 is 5.46. The van der Waals surface area contributed by atoms with E-state index in [2.05, 4.69) is 45.6 Å². The van der Waals surface area contributed by atoms with Crippen molar-refractivity contribution in [1.29, 1.82) is 0 Å². The van der Waals surface area contributed by atoms with Gasteiger partial charge in [-0.15, -0.1) is 0 Å². The van der Waals surface area contributed by atoms with Crippen LogP contribution in [0, 0.1) is 0 Å². The van der Waals surface area contributed by atoms with Gasteiger partial charge in [-0.05, 0) is 42.7 Å². The van der Waals surface area contributed by atoms with Gasteiger partial charge in [0.2, 0.25) is 0 Å². The molecule has 2 aromatic carbocycles. The third kappa shape index (κ3) is 5.56. The van der Waals surface area contributed by atoms with E-state index in [1.165, 1.54) is 5.56 Å². The number of ether oxygens (including phenoxy) is 1. The molecule has 1 N–H and O–H groups in total. The summed E-state index contributed by atoms with van der Waals surface area (Å²) in [6, 6.07) is 18.3. The van der Waals surface area contributed by atoms with Crippen LogP contribution in [0.3, 0.4) is 0 Å². The van der Waals surface area contributed by atoms with Crippen LogP contribution >= 0.6 is 0 Å². The molecule has 0 radical (unpaired) electrons. The van der Waals surface area contributed by atoms with Crippen molar-refractivity contribution in [2.45, 2.75) is 32.1 Å². The third-order valence-electron chi connectivity index (χ3n) is 5.54. The minimum Gasteiger partial charge on any atom is -0.369 e. The van der Waals surface area contributed by atoms with Crippen LogP contribution in [0.5, 0.6) is 0 Å². The lowest BCUT2D eigenvalue weighted by molar-refractivity contribution is -0.186. The van der Waals surface area contributed by atoms with Crippen LogP contribution in [0.1, 0.15) is 35.2 Å². The average Bonchev–Trinajstić information content (AvgIpc) is 2.79. The molecule has 4 rings (SSSR count). The highest BCUT2D eigenvalue weighted by Gasteiger charge is 2.19. The summed E-state index contributed by atoms with van der Waals surface area (Å²) in [6.07, 6.45) is 2.60. The van der Waals surface area contributed by atoms with Gasteiger partial charge in [-0.2, -0.15) is 0 Å². The molecule has 0 spiro atoms. The minimum atomic E-state index is -0.334. The largest absolute Gasteiger partial charge is 0.369 e. The van der Waals surface area contributed by atoms with Gasteiger partial charge in [0.05, 0.1) is 0 Å². The summed E-state index contributed by atoms with van der Waals surface area (Å²) in [5, 5.41) is 0. The Morgan fingerprint density at radius 2 is 1.76 bits per heavy atom. The van der Waals surface area contributed by atoms with Gasteiger partial charge in [0.15, 0.2) is 6.29 Å². The van der Waals surface area contributed by atoms with E-state index < -0.39 is 0 Å². The Hall–Kier alpha value is -2.41. The van der Waals surface area contributed by atoms with Crippen LogP contribution in [0.15, 0.2) is 54.6 Å². The Kier molecular flexibility index (Phi) is 6.77. The first-order valence-electron chi connectivity index (χ1n) is 10.5. The zero-order valence-electron chi connectivity index (χ0n) is 16.8. The summed E-state index contributed by atoms with van der Waals surface area (Å²) in [6.45, 7) is 5.73. The van der Waals surface area contributed by atoms with Gasteiger partial charge < -0.3 is 9.64 Å². The maximum absolute atomic E-state index is 12.3. The van der Waals surface area contributed by atoms with Crippen LogP contribution in [0.25, 0.3) is 0 Å². The van der Waals surface area contributed by atoms with Gasteiger partial charge in [-0.1, -0.05) is 30.3 Å². The van der Waals surface area contributed by atoms with E-state index in [0.29, 0.717) is 12.2 Å². The van der Waals surface area contributed by atoms with Crippen LogP contribution in [0.2, 0.25) is 0 Å². The molecule has 2 aromatic rings. The average molecular weight is 396 g/mol. The molecule has 1 atom stereocenters. The molecule has 6 nitrogen and oxygen atoms in total. The monoisotopic (exact) mass is 395 g/mol. The number of nitrogens with zero attached hydrogens (tertiary/aromatic N) is 2. The van der Waals surface area contributed by atoms with Gasteiger partial charge in [0, 0.05) is 57.0 Å². The number of hydroxylamine groups is 1. The molecule has 154 valence electrons. The highest BCUT2D eigenvalue weighted by molar-refractivity contribution is 5.93. The molecule has 2 fully saturated rings. The molecule has 0 bridgehead atoms. The summed E-state index contributed by atoms with van der Waals surface area (Å²) in [4.78, 5) is 22.5. The van der Waals surface area contributed by atoms with Crippen molar-refractivity contribution in [1.82, 2.24) is 10.4 Å². The molecule has 2 aliphatic rings. The van der Waals surface area contributed by atoms with Crippen molar-refractivity contribution < 1.29 is 14.4 Å². The Labute approximate surface area is 172 Å². The zero-order valence-corrected chi connectivity index (χ0v) is 16.8. The fourth-order valence-electron chi connectivity index (χ4n) is 3.81. The molecule has 0 aliphatic carbocycles. The Morgan fingerprint density at radius 3 is 2.45 bits per heavy atom. The third-order valence-corrected chi connectivity index (χ3v) is 5.54. The van der Waals surface area contributed by atoms with E-state index >= 15 is 0 Å². The van der Waals surface area contributed by atoms with Crippen LogP contribution in [0.4, 0.5) is 5.69 Å². The number of rotatable bonds is 6. The highest BCUT2D eigenvalue weighted by atomic mass is 16.8. The lowest BCUT2D eigenvalue weighted by Crippen LogP contribution is -2.45. The lowest BCUT2D eigenvalue weighted by atomic mass is 10.1. The predicted molar refractivity (Wildman–Crippen MR) is 113 cm³/mol. The molecular formula is C23H29N3O3. The second-order valence-electron chi connectivity index (χ2n) is 7.64. The molecule has 2 aliphatic heterocycles. The van der Waals surface area contributed by atoms with Crippen molar-refractivity contribution in [2.75, 3.05) is 37.7 Å². The maximum atomic E-state index is 12.3. The van der Waals surface area contributed by atoms with Gasteiger partial charge >= 0.3 is 0 Å². The molecule has 0 saturated carbocycles. The zero-order chi connectivity index (χ0) is 19.9. The van der Waals surface area contributed by atoms with Crippen molar-refractivity contribution in [3.05, 3.63) is 65.7 Å². The Morgan fingerprint density at radius 1 is 1.00 bits per heavy atom. The summed E-state index contributed by atoms with van der Waals surface area (Å²) in [5.74, 6) is -0.238. The second-order valence-corrected chi connectivity index (χ2v) is 7.64. The molecule has 2 saturated heterocycles. The highest BCUT2D eigenvalue weighted by Crippen LogP contribution is 2.19. The number of hydrogen-bond acceptors (Lipinski definition) is 5. The van der Waals surface area contributed by atoms with E-state index in [9.17, 15) is 4.79 Å². The fourth-order valence-corrected chi connectivity index (χ4v) is 3.81. The minimum absolute atomic E-state index is 0.238. The van der Waals surface area contributed by atoms with E-state index in [0.717, 1.165) is 57.7 Å². The van der Waals surface area contributed by atoms with Crippen molar-refractivity contribution in [3.8, 4) is 0 Å². The molecule has 6 heteroatoms. The number of hydrogen-bond donors (Lipinski definition) is 1. The van der Waals surface area contributed by atoms with Gasteiger partial charge in [-0.3, -0.25) is 9.69 Å². The standard InChI is InChI=1S/C23H29N3O3/c27-23(24-29-22-8-4-5-17-28-22)20-9-11-21(12-10-20)26-15-13-25(14-16-26)18-19-6-2-1-3-7-19/h1-3,6-7,9-12,22H,4-5,8,13-18H2,(H,24,27). The van der Waals surface area contributed by atoms with Crippen molar-refractivity contribution in [3.63, 3.8) is 0 Å². The van der Waals surface area contributed by atoms with Crippen LogP contribution in [-0.4, -0.2) is 49.9 Å². The molecule has 0 aromatic heterocycles. The molecule has 1 amide bonds. The summed E-state index contributed by atoms with van der Waals surface area (Å²) >= 11 is 0. The van der Waals surface area contributed by atoms with E-state index in [4.69, 9.17) is 9.57 Å². The Bertz CT molecular complexity index is 768. The number of carbonyl (C=O) groups excluding carboxylic acids is 1. The number of anilines is 1. The van der Waals surface area contributed by atoms with Crippen LogP contribution < -0.4 is 10.4 Å². The first kappa shape index (κ1) is 19.9. The first-order valence-corrected chi connectivity index (χ1v) is 10.5. The first-order chi connectivity index (χ1) is 14.3. The fraction of sp³-hybridized carbons (Fsp3) is 0.435. The molecular weight excluding hydrogens is 366 g/mol. The number of piperazine rings is 1. The number of amides is 1. The number of nitrogens with one attached hydrogen (secondary N) is 1. The molecule has 2 heterocycles. The maximum Gasteiger partial charge on any atom is 0.274 e. The normalized spacial score (nSPS) is 20.4. The predicted octanol–water partition coefficient (Wildman–Crippen LogP) is 3.20. The topological polar surface area (TPSA) is 54.0 Å². The Balaban J connectivity index is 1.24. The van der Waals surface area contributed by atoms with E-state index in [1.807, 2.05) is 24.3 Å². The molecule has 1 unspecified atom stereocenters. The summed E-state index contributed by atoms with van der Waals surface area (Å²) in [5.41, 5.74) is 5.61. The number of carbonyl (C=O) groups is 1. The van der Waals surface area contributed by atoms with Crippen molar-refractivity contribution >= 4 is 11.6 Å². The van der Waals surface area contributed by atoms with E-state index in [1.54, 1.807) is 0 Å². The van der Waals surface area contributed by atoms with Crippen LogP contribution in [-0.2, 0) is 16.1 Å². The van der Waals surface area contributed by atoms with Crippen molar-refractivity contribution in [2.24, 2.45) is 0 Å². The SMILES string of the molecule is O=C(NOC1CCCCO1)c1ccc(N2CCN(Cc3ccccc3)CC2)cc1. The number of benzene rings is 2.